The molecule has 0 aliphatic carbocycles. The molecule has 2 aliphatic heterocycles. The highest BCUT2D eigenvalue weighted by Crippen LogP contribution is 2.30. The van der Waals surface area contributed by atoms with Gasteiger partial charge in [0.15, 0.2) is 0 Å². The van der Waals surface area contributed by atoms with Crippen LogP contribution in [0.1, 0.15) is 18.5 Å². The van der Waals surface area contributed by atoms with Crippen LogP contribution in [0.4, 0.5) is 5.82 Å². The Hall–Kier alpha value is -1.32. The largest absolute Gasteiger partial charge is 0.353 e. The highest BCUT2D eigenvalue weighted by molar-refractivity contribution is 6.17. The third-order valence-corrected chi connectivity index (χ3v) is 5.07. The van der Waals surface area contributed by atoms with Gasteiger partial charge in [0.25, 0.3) is 0 Å². The Kier molecular flexibility index (Phi) is 3.48. The lowest BCUT2D eigenvalue weighted by atomic mass is 10.1. The van der Waals surface area contributed by atoms with Crippen molar-refractivity contribution in [1.29, 1.82) is 0 Å². The number of nitrogens with zero attached hydrogens (tertiary/aromatic N) is 3. The third kappa shape index (κ3) is 2.39. The highest BCUT2D eigenvalue weighted by Gasteiger charge is 2.31. The van der Waals surface area contributed by atoms with Crippen molar-refractivity contribution in [3.8, 4) is 0 Å². The minimum absolute atomic E-state index is 0.473. The minimum atomic E-state index is 0.473. The van der Waals surface area contributed by atoms with Gasteiger partial charge in [0.05, 0.1) is 11.6 Å². The molecule has 0 amide bonds. The van der Waals surface area contributed by atoms with Crippen LogP contribution in [0.15, 0.2) is 30.3 Å². The molecule has 2 aromatic rings. The second kappa shape index (κ2) is 5.47. The monoisotopic (exact) mass is 301 g/mol. The summed E-state index contributed by atoms with van der Waals surface area (Å²) >= 11 is 6.04. The van der Waals surface area contributed by atoms with Crippen LogP contribution >= 0.6 is 11.6 Å². The maximum Gasteiger partial charge on any atom is 0.136 e. The summed E-state index contributed by atoms with van der Waals surface area (Å²) in [6.45, 7) is 4.60. The van der Waals surface area contributed by atoms with Gasteiger partial charge in [0.1, 0.15) is 5.82 Å². The molecule has 0 saturated carbocycles. The number of hydrogen-bond donors (Lipinski definition) is 0. The molecule has 1 atom stereocenters. The number of halogens is 1. The molecule has 4 rings (SSSR count). The molecule has 0 radical (unpaired) electrons. The van der Waals surface area contributed by atoms with E-state index in [-0.39, 0.29) is 0 Å². The first-order valence-electron chi connectivity index (χ1n) is 7.79. The molecule has 0 bridgehead atoms. The Labute approximate surface area is 130 Å². The minimum Gasteiger partial charge on any atom is -0.353 e. The number of fused-ring (bicyclic) bond motifs is 2. The van der Waals surface area contributed by atoms with Crippen LogP contribution in [0.2, 0.25) is 0 Å². The van der Waals surface area contributed by atoms with Crippen LogP contribution in [0.3, 0.4) is 0 Å². The van der Waals surface area contributed by atoms with Gasteiger partial charge in [-0.25, -0.2) is 4.98 Å². The molecule has 21 heavy (non-hydrogen) atoms. The number of anilines is 1. The lowest BCUT2D eigenvalue weighted by molar-refractivity contribution is 0.230. The standard InChI is InChI=1S/C17H20ClN3/c18-11-14-10-13-4-1-2-6-16(13)17(19-14)21-9-8-20-7-3-5-15(20)12-21/h1-2,4,6,10,15H,3,5,7-9,11-12H2. The number of rotatable bonds is 2. The van der Waals surface area contributed by atoms with Crippen LogP contribution in [0.25, 0.3) is 10.8 Å². The Balaban J connectivity index is 1.75. The molecular weight excluding hydrogens is 282 g/mol. The Morgan fingerprint density at radius 1 is 1.19 bits per heavy atom. The van der Waals surface area contributed by atoms with E-state index in [1.807, 2.05) is 0 Å². The van der Waals surface area contributed by atoms with Crippen molar-refractivity contribution in [3.63, 3.8) is 0 Å². The summed E-state index contributed by atoms with van der Waals surface area (Å²) in [6.07, 6.45) is 2.66. The summed E-state index contributed by atoms with van der Waals surface area (Å²) in [5, 5.41) is 2.49. The van der Waals surface area contributed by atoms with Crippen molar-refractivity contribution >= 4 is 28.2 Å². The topological polar surface area (TPSA) is 19.4 Å². The van der Waals surface area contributed by atoms with Crippen LogP contribution in [0.5, 0.6) is 0 Å². The fourth-order valence-corrected chi connectivity index (χ4v) is 3.86. The average molecular weight is 302 g/mol. The Morgan fingerprint density at radius 2 is 2.10 bits per heavy atom. The van der Waals surface area contributed by atoms with Crippen molar-refractivity contribution in [1.82, 2.24) is 9.88 Å². The van der Waals surface area contributed by atoms with Gasteiger partial charge in [-0.1, -0.05) is 24.3 Å². The summed E-state index contributed by atoms with van der Waals surface area (Å²) in [4.78, 5) is 9.92. The van der Waals surface area contributed by atoms with E-state index < -0.39 is 0 Å². The maximum absolute atomic E-state index is 6.04. The van der Waals surface area contributed by atoms with Crippen LogP contribution < -0.4 is 4.90 Å². The van der Waals surface area contributed by atoms with E-state index in [0.717, 1.165) is 31.1 Å². The molecule has 2 aliphatic rings. The van der Waals surface area contributed by atoms with E-state index in [4.69, 9.17) is 16.6 Å². The molecule has 110 valence electrons. The normalized spacial score (nSPS) is 22.7. The van der Waals surface area contributed by atoms with Gasteiger partial charge in [-0.15, -0.1) is 11.6 Å². The number of piperazine rings is 1. The fourth-order valence-electron chi connectivity index (χ4n) is 3.73. The summed E-state index contributed by atoms with van der Waals surface area (Å²) in [6, 6.07) is 11.3. The molecule has 1 unspecified atom stereocenters. The van der Waals surface area contributed by atoms with Gasteiger partial charge >= 0.3 is 0 Å². The summed E-state index contributed by atoms with van der Waals surface area (Å²) in [7, 11) is 0. The average Bonchev–Trinajstić information content (AvgIpc) is 3.01. The lowest BCUT2D eigenvalue weighted by Gasteiger charge is -2.38. The van der Waals surface area contributed by atoms with E-state index in [1.165, 1.54) is 30.2 Å². The van der Waals surface area contributed by atoms with Crippen molar-refractivity contribution in [2.75, 3.05) is 31.1 Å². The van der Waals surface area contributed by atoms with Gasteiger partial charge in [-0.05, 0) is 30.8 Å². The molecule has 3 heterocycles. The molecule has 0 N–H and O–H groups in total. The molecule has 2 saturated heterocycles. The van der Waals surface area contributed by atoms with E-state index in [1.54, 1.807) is 0 Å². The van der Waals surface area contributed by atoms with Crippen molar-refractivity contribution < 1.29 is 0 Å². The van der Waals surface area contributed by atoms with Gasteiger partial charge < -0.3 is 4.90 Å². The zero-order valence-electron chi connectivity index (χ0n) is 12.1. The SMILES string of the molecule is ClCc1cc2ccccc2c(N2CCN3CCCC3C2)n1. The lowest BCUT2D eigenvalue weighted by Crippen LogP contribution is -2.50. The zero-order valence-corrected chi connectivity index (χ0v) is 12.9. The van der Waals surface area contributed by atoms with Crippen molar-refractivity contribution in [2.24, 2.45) is 0 Å². The first-order valence-corrected chi connectivity index (χ1v) is 8.32. The van der Waals surface area contributed by atoms with Gasteiger partial charge in [0, 0.05) is 31.1 Å². The third-order valence-electron chi connectivity index (χ3n) is 4.80. The van der Waals surface area contributed by atoms with Gasteiger partial charge in [-0.3, -0.25) is 4.90 Å². The molecule has 1 aromatic heterocycles. The van der Waals surface area contributed by atoms with Crippen LogP contribution in [0, 0.1) is 0 Å². The number of aromatic nitrogens is 1. The summed E-state index contributed by atoms with van der Waals surface area (Å²) in [5.74, 6) is 1.59. The highest BCUT2D eigenvalue weighted by atomic mass is 35.5. The van der Waals surface area contributed by atoms with Crippen molar-refractivity contribution in [2.45, 2.75) is 24.8 Å². The van der Waals surface area contributed by atoms with Crippen LogP contribution in [-0.4, -0.2) is 42.1 Å². The molecule has 3 nitrogen and oxygen atoms in total. The molecule has 2 fully saturated rings. The predicted octanol–water partition coefficient (Wildman–Crippen LogP) is 3.26. The van der Waals surface area contributed by atoms with Gasteiger partial charge in [-0.2, -0.15) is 0 Å². The molecule has 0 spiro atoms. The molecule has 4 heteroatoms. The molecule has 1 aromatic carbocycles. The number of pyridine rings is 1. The number of alkyl halides is 1. The fraction of sp³-hybridized carbons (Fsp3) is 0.471. The second-order valence-corrected chi connectivity index (χ2v) is 6.34. The Morgan fingerprint density at radius 3 is 3.00 bits per heavy atom. The maximum atomic E-state index is 6.04. The van der Waals surface area contributed by atoms with E-state index in [2.05, 4.69) is 40.1 Å². The van der Waals surface area contributed by atoms with Crippen molar-refractivity contribution in [3.05, 3.63) is 36.0 Å². The van der Waals surface area contributed by atoms with E-state index >= 15 is 0 Å². The molecular formula is C17H20ClN3. The van der Waals surface area contributed by atoms with Crippen LogP contribution in [-0.2, 0) is 5.88 Å². The number of hydrogen-bond acceptors (Lipinski definition) is 3. The number of benzene rings is 1. The predicted molar refractivity (Wildman–Crippen MR) is 88.1 cm³/mol. The van der Waals surface area contributed by atoms with E-state index in [9.17, 15) is 0 Å². The Bertz CT molecular complexity index is 658. The zero-order chi connectivity index (χ0) is 14.2. The quantitative estimate of drug-likeness (QED) is 0.794. The smallest absolute Gasteiger partial charge is 0.136 e. The second-order valence-electron chi connectivity index (χ2n) is 6.07. The first-order chi connectivity index (χ1) is 10.3. The van der Waals surface area contributed by atoms with E-state index in [0.29, 0.717) is 11.9 Å². The summed E-state index contributed by atoms with van der Waals surface area (Å²) < 4.78 is 0. The van der Waals surface area contributed by atoms with Gasteiger partial charge in [0.2, 0.25) is 0 Å². The first kappa shape index (κ1) is 13.4. The summed E-state index contributed by atoms with van der Waals surface area (Å²) in [5.41, 5.74) is 0.971.